The maximum atomic E-state index is 12.3. The number of ether oxygens (including phenoxy) is 1. The number of methoxy groups -OCH3 is 1. The monoisotopic (exact) mass is 352 g/mol. The Bertz CT molecular complexity index is 758. The molecule has 0 atom stereocenters. The van der Waals surface area contributed by atoms with Crippen LogP contribution in [0.5, 0.6) is 5.75 Å². The summed E-state index contributed by atoms with van der Waals surface area (Å²) < 4.78 is 41.8. The van der Waals surface area contributed by atoms with Crippen LogP contribution in [0.1, 0.15) is 15.9 Å². The van der Waals surface area contributed by atoms with Crippen molar-refractivity contribution in [3.63, 3.8) is 0 Å². The number of para-hydroxylation sites is 1. The SMILES string of the molecule is COc1ccc(C(=O)Nc2ccccc2CNC(=O)C(F)(F)F)cc1. The van der Waals surface area contributed by atoms with Crippen molar-refractivity contribution in [1.82, 2.24) is 5.32 Å². The van der Waals surface area contributed by atoms with Gasteiger partial charge in [-0.05, 0) is 35.9 Å². The van der Waals surface area contributed by atoms with Gasteiger partial charge in [-0.15, -0.1) is 0 Å². The summed E-state index contributed by atoms with van der Waals surface area (Å²) in [4.78, 5) is 23.2. The number of hydrogen-bond acceptors (Lipinski definition) is 3. The molecule has 25 heavy (non-hydrogen) atoms. The van der Waals surface area contributed by atoms with Gasteiger partial charge < -0.3 is 15.4 Å². The first-order chi connectivity index (χ1) is 11.8. The molecule has 2 amide bonds. The maximum Gasteiger partial charge on any atom is 0.471 e. The summed E-state index contributed by atoms with van der Waals surface area (Å²) in [6.45, 7) is -0.364. The summed E-state index contributed by atoms with van der Waals surface area (Å²) in [5, 5.41) is 4.39. The number of halogens is 3. The van der Waals surface area contributed by atoms with Crippen molar-refractivity contribution in [2.45, 2.75) is 12.7 Å². The van der Waals surface area contributed by atoms with Crippen molar-refractivity contribution in [2.24, 2.45) is 0 Å². The van der Waals surface area contributed by atoms with Crippen molar-refractivity contribution >= 4 is 17.5 Å². The number of amides is 2. The lowest BCUT2D eigenvalue weighted by atomic mass is 10.1. The van der Waals surface area contributed by atoms with Gasteiger partial charge in [-0.25, -0.2) is 0 Å². The van der Waals surface area contributed by atoms with Crippen molar-refractivity contribution in [3.05, 3.63) is 59.7 Å². The predicted octanol–water partition coefficient (Wildman–Crippen LogP) is 3.13. The molecule has 2 aromatic rings. The van der Waals surface area contributed by atoms with E-state index in [0.717, 1.165) is 0 Å². The van der Waals surface area contributed by atoms with Crippen LogP contribution in [-0.4, -0.2) is 25.1 Å². The highest BCUT2D eigenvalue weighted by Gasteiger charge is 2.38. The average molecular weight is 352 g/mol. The lowest BCUT2D eigenvalue weighted by Crippen LogP contribution is -2.36. The van der Waals surface area contributed by atoms with Crippen LogP contribution < -0.4 is 15.4 Å². The fourth-order valence-electron chi connectivity index (χ4n) is 2.01. The molecule has 2 N–H and O–H groups in total. The molecule has 0 radical (unpaired) electrons. The lowest BCUT2D eigenvalue weighted by Gasteiger charge is -2.13. The van der Waals surface area contributed by atoms with Crippen LogP contribution in [0, 0.1) is 0 Å². The Balaban J connectivity index is 2.09. The minimum atomic E-state index is -4.96. The first-order valence-electron chi connectivity index (χ1n) is 7.19. The molecule has 5 nitrogen and oxygen atoms in total. The van der Waals surface area contributed by atoms with Gasteiger partial charge in [0.2, 0.25) is 0 Å². The van der Waals surface area contributed by atoms with Gasteiger partial charge in [-0.2, -0.15) is 13.2 Å². The topological polar surface area (TPSA) is 67.4 Å². The molecule has 0 aliphatic heterocycles. The Morgan fingerprint density at radius 1 is 1.04 bits per heavy atom. The third-order valence-electron chi connectivity index (χ3n) is 3.31. The van der Waals surface area contributed by atoms with E-state index in [9.17, 15) is 22.8 Å². The quantitative estimate of drug-likeness (QED) is 0.869. The second kappa shape index (κ2) is 7.69. The molecule has 2 aromatic carbocycles. The van der Waals surface area contributed by atoms with Gasteiger partial charge in [-0.3, -0.25) is 9.59 Å². The van der Waals surface area contributed by atoms with Crippen LogP contribution in [0.2, 0.25) is 0 Å². The molecule has 2 rings (SSSR count). The molecule has 0 fully saturated rings. The second-order valence-corrected chi connectivity index (χ2v) is 5.02. The van der Waals surface area contributed by atoms with Gasteiger partial charge in [-0.1, -0.05) is 18.2 Å². The van der Waals surface area contributed by atoms with Crippen molar-refractivity contribution in [1.29, 1.82) is 0 Å². The molecule has 132 valence electrons. The van der Waals surface area contributed by atoms with Gasteiger partial charge in [0.1, 0.15) is 5.75 Å². The van der Waals surface area contributed by atoms with Crippen LogP contribution in [0.15, 0.2) is 48.5 Å². The van der Waals surface area contributed by atoms with Crippen LogP contribution >= 0.6 is 0 Å². The maximum absolute atomic E-state index is 12.3. The standard InChI is InChI=1S/C17H15F3N2O3/c1-25-13-8-6-11(7-9-13)15(23)22-14-5-3-2-4-12(14)10-21-16(24)17(18,19)20/h2-9H,10H2,1H3,(H,21,24)(H,22,23). The molecule has 0 aromatic heterocycles. The number of alkyl halides is 3. The number of hydrogen-bond donors (Lipinski definition) is 2. The Labute approximate surface area is 141 Å². The van der Waals surface area contributed by atoms with E-state index >= 15 is 0 Å². The van der Waals surface area contributed by atoms with Crippen LogP contribution in [0.3, 0.4) is 0 Å². The molecule has 0 unspecified atom stereocenters. The highest BCUT2D eigenvalue weighted by molar-refractivity contribution is 6.04. The van der Waals surface area contributed by atoms with E-state index in [1.165, 1.54) is 19.2 Å². The molecule has 0 spiro atoms. The highest BCUT2D eigenvalue weighted by Crippen LogP contribution is 2.19. The second-order valence-electron chi connectivity index (χ2n) is 5.02. The Morgan fingerprint density at radius 2 is 1.68 bits per heavy atom. The fraction of sp³-hybridized carbons (Fsp3) is 0.176. The summed E-state index contributed by atoms with van der Waals surface area (Å²) in [5.41, 5.74) is 1.02. The summed E-state index contributed by atoms with van der Waals surface area (Å²) in [6, 6.07) is 12.6. The number of benzene rings is 2. The molecule has 0 saturated carbocycles. The Hall–Kier alpha value is -3.03. The summed E-state index contributed by atoms with van der Waals surface area (Å²) in [5.74, 6) is -1.88. The van der Waals surface area contributed by atoms with Gasteiger partial charge >= 0.3 is 12.1 Å². The first-order valence-corrected chi connectivity index (χ1v) is 7.19. The number of anilines is 1. The molecule has 0 aliphatic carbocycles. The van der Waals surface area contributed by atoms with E-state index in [2.05, 4.69) is 5.32 Å². The van der Waals surface area contributed by atoms with E-state index < -0.39 is 18.0 Å². The number of nitrogens with one attached hydrogen (secondary N) is 2. The van der Waals surface area contributed by atoms with Gasteiger partial charge in [0.15, 0.2) is 0 Å². The predicted molar refractivity (Wildman–Crippen MR) is 85.3 cm³/mol. The zero-order chi connectivity index (χ0) is 18.4. The van der Waals surface area contributed by atoms with Crippen molar-refractivity contribution < 1.29 is 27.5 Å². The van der Waals surface area contributed by atoms with E-state index in [4.69, 9.17) is 4.74 Å². The lowest BCUT2D eigenvalue weighted by molar-refractivity contribution is -0.173. The van der Waals surface area contributed by atoms with E-state index in [1.807, 2.05) is 0 Å². The minimum absolute atomic E-state index is 0.311. The average Bonchev–Trinajstić information content (AvgIpc) is 2.60. The van der Waals surface area contributed by atoms with Gasteiger partial charge in [0.05, 0.1) is 7.11 Å². The normalized spacial score (nSPS) is 10.9. The zero-order valence-electron chi connectivity index (χ0n) is 13.2. The molecular formula is C17H15F3N2O3. The molecule has 8 heteroatoms. The van der Waals surface area contributed by atoms with Gasteiger partial charge in [0.25, 0.3) is 5.91 Å². The number of carbonyl (C=O) groups excluding carboxylic acids is 2. The summed E-state index contributed by atoms with van der Waals surface area (Å²) in [6.07, 6.45) is -4.96. The van der Waals surface area contributed by atoms with Crippen molar-refractivity contribution in [3.8, 4) is 5.75 Å². The summed E-state index contributed by atoms with van der Waals surface area (Å²) in [7, 11) is 1.50. The Morgan fingerprint density at radius 3 is 2.28 bits per heavy atom. The number of rotatable bonds is 5. The highest BCUT2D eigenvalue weighted by atomic mass is 19.4. The van der Waals surface area contributed by atoms with Crippen molar-refractivity contribution in [2.75, 3.05) is 12.4 Å². The minimum Gasteiger partial charge on any atom is -0.497 e. The molecule has 0 heterocycles. The summed E-state index contributed by atoms with van der Waals surface area (Å²) >= 11 is 0. The molecule has 0 bridgehead atoms. The van der Waals surface area contributed by atoms with Crippen LogP contribution in [0.4, 0.5) is 18.9 Å². The molecule has 0 saturated heterocycles. The Kier molecular flexibility index (Phi) is 5.63. The largest absolute Gasteiger partial charge is 0.497 e. The fourth-order valence-corrected chi connectivity index (χ4v) is 2.01. The van der Waals surface area contributed by atoms with E-state index in [0.29, 0.717) is 22.6 Å². The van der Waals surface area contributed by atoms with E-state index in [1.54, 1.807) is 41.7 Å². The van der Waals surface area contributed by atoms with Crippen LogP contribution in [-0.2, 0) is 11.3 Å². The number of carbonyl (C=O) groups is 2. The van der Waals surface area contributed by atoms with Crippen LogP contribution in [0.25, 0.3) is 0 Å². The molecular weight excluding hydrogens is 337 g/mol. The third-order valence-corrected chi connectivity index (χ3v) is 3.31. The third kappa shape index (κ3) is 4.97. The smallest absolute Gasteiger partial charge is 0.471 e. The first kappa shape index (κ1) is 18.3. The zero-order valence-corrected chi connectivity index (χ0v) is 13.2. The molecule has 0 aliphatic rings. The van der Waals surface area contributed by atoms with E-state index in [-0.39, 0.29) is 6.54 Å². The van der Waals surface area contributed by atoms with Gasteiger partial charge in [0, 0.05) is 17.8 Å².